The van der Waals surface area contributed by atoms with E-state index >= 15 is 0 Å². The Labute approximate surface area is 103 Å². The number of hydrogen-bond donors (Lipinski definition) is 1. The highest BCUT2D eigenvalue weighted by Crippen LogP contribution is 2.32. The molecule has 0 heterocycles. The van der Waals surface area contributed by atoms with Crippen LogP contribution in [0.3, 0.4) is 0 Å². The van der Waals surface area contributed by atoms with E-state index in [4.69, 9.17) is 15.2 Å². The number of halogens is 2. The molecule has 0 atom stereocenters. The van der Waals surface area contributed by atoms with Crippen molar-refractivity contribution in [2.24, 2.45) is 0 Å². The third-order valence-electron chi connectivity index (χ3n) is 2.33. The summed E-state index contributed by atoms with van der Waals surface area (Å²) in [5.41, 5.74) is 6.03. The standard InChI is InChI=1S/C13H11F2NO2/c1-17-9-3-4-11(16)13(7-9)18-12-5-2-8(14)6-10(12)15/h2-7H,16H2,1H3. The molecule has 2 aromatic rings. The quantitative estimate of drug-likeness (QED) is 0.851. The number of rotatable bonds is 3. The summed E-state index contributed by atoms with van der Waals surface area (Å²) in [5, 5.41) is 0. The smallest absolute Gasteiger partial charge is 0.168 e. The zero-order chi connectivity index (χ0) is 13.1. The Morgan fingerprint density at radius 3 is 2.44 bits per heavy atom. The van der Waals surface area contributed by atoms with Crippen molar-refractivity contribution in [2.75, 3.05) is 12.8 Å². The maximum absolute atomic E-state index is 13.4. The van der Waals surface area contributed by atoms with Gasteiger partial charge in [-0.05, 0) is 24.3 Å². The van der Waals surface area contributed by atoms with Crippen LogP contribution in [-0.4, -0.2) is 7.11 Å². The maximum Gasteiger partial charge on any atom is 0.168 e. The molecule has 0 aliphatic rings. The highest BCUT2D eigenvalue weighted by molar-refractivity contribution is 5.57. The third-order valence-corrected chi connectivity index (χ3v) is 2.33. The van der Waals surface area contributed by atoms with Gasteiger partial charge in [0.2, 0.25) is 0 Å². The summed E-state index contributed by atoms with van der Waals surface area (Å²) in [4.78, 5) is 0. The molecule has 0 amide bonds. The number of benzene rings is 2. The molecule has 0 bridgehead atoms. The predicted octanol–water partition coefficient (Wildman–Crippen LogP) is 3.35. The summed E-state index contributed by atoms with van der Waals surface area (Å²) < 4.78 is 36.5. The summed E-state index contributed by atoms with van der Waals surface area (Å²) in [6, 6.07) is 7.81. The van der Waals surface area contributed by atoms with Gasteiger partial charge >= 0.3 is 0 Å². The molecule has 0 unspecified atom stereocenters. The maximum atomic E-state index is 13.4. The van der Waals surface area contributed by atoms with Crippen molar-refractivity contribution >= 4 is 5.69 Å². The Balaban J connectivity index is 2.33. The number of methoxy groups -OCH3 is 1. The van der Waals surface area contributed by atoms with Gasteiger partial charge in [0.05, 0.1) is 12.8 Å². The molecule has 2 aromatic carbocycles. The minimum absolute atomic E-state index is 0.101. The number of hydrogen-bond acceptors (Lipinski definition) is 3. The van der Waals surface area contributed by atoms with Crippen molar-refractivity contribution in [1.82, 2.24) is 0 Å². The second-order valence-electron chi connectivity index (χ2n) is 3.58. The first kappa shape index (κ1) is 12.2. The van der Waals surface area contributed by atoms with Crippen LogP contribution in [0, 0.1) is 11.6 Å². The summed E-state index contributed by atoms with van der Waals surface area (Å²) >= 11 is 0. The fourth-order valence-corrected chi connectivity index (χ4v) is 1.41. The molecule has 0 aromatic heterocycles. The topological polar surface area (TPSA) is 44.5 Å². The van der Waals surface area contributed by atoms with Gasteiger partial charge in [0.25, 0.3) is 0 Å². The van der Waals surface area contributed by atoms with Crippen LogP contribution in [0.4, 0.5) is 14.5 Å². The summed E-state index contributed by atoms with van der Waals surface area (Å²) in [5.74, 6) is -0.784. The molecule has 0 saturated heterocycles. The van der Waals surface area contributed by atoms with E-state index in [1.54, 1.807) is 12.1 Å². The largest absolute Gasteiger partial charge is 0.497 e. The minimum Gasteiger partial charge on any atom is -0.497 e. The van der Waals surface area contributed by atoms with Gasteiger partial charge in [0.1, 0.15) is 11.6 Å². The summed E-state index contributed by atoms with van der Waals surface area (Å²) in [6.45, 7) is 0. The molecular formula is C13H11F2NO2. The minimum atomic E-state index is -0.794. The average Bonchev–Trinajstić information content (AvgIpc) is 2.35. The van der Waals surface area contributed by atoms with E-state index < -0.39 is 11.6 Å². The van der Waals surface area contributed by atoms with Gasteiger partial charge in [0.15, 0.2) is 17.3 Å². The van der Waals surface area contributed by atoms with Gasteiger partial charge in [-0.3, -0.25) is 0 Å². The van der Waals surface area contributed by atoms with Gasteiger partial charge in [-0.1, -0.05) is 0 Å². The highest BCUT2D eigenvalue weighted by Gasteiger charge is 2.09. The lowest BCUT2D eigenvalue weighted by Crippen LogP contribution is -1.95. The number of anilines is 1. The van der Waals surface area contributed by atoms with Crippen molar-refractivity contribution in [3.63, 3.8) is 0 Å². The molecule has 0 radical (unpaired) electrons. The van der Waals surface area contributed by atoms with Crippen LogP contribution in [0.5, 0.6) is 17.2 Å². The van der Waals surface area contributed by atoms with Crippen molar-refractivity contribution in [3.05, 3.63) is 48.0 Å². The SMILES string of the molecule is COc1ccc(N)c(Oc2ccc(F)cc2F)c1. The van der Waals surface area contributed by atoms with Gasteiger partial charge in [-0.15, -0.1) is 0 Å². The van der Waals surface area contributed by atoms with Crippen LogP contribution in [0.15, 0.2) is 36.4 Å². The van der Waals surface area contributed by atoms with Gasteiger partial charge < -0.3 is 15.2 Å². The molecular weight excluding hydrogens is 240 g/mol. The van der Waals surface area contributed by atoms with Crippen molar-refractivity contribution in [1.29, 1.82) is 0 Å². The zero-order valence-electron chi connectivity index (χ0n) is 9.61. The van der Waals surface area contributed by atoms with Crippen LogP contribution in [0.1, 0.15) is 0 Å². The molecule has 0 aliphatic heterocycles. The van der Waals surface area contributed by atoms with Crippen LogP contribution < -0.4 is 15.2 Å². The molecule has 0 saturated carbocycles. The van der Waals surface area contributed by atoms with E-state index in [9.17, 15) is 8.78 Å². The second kappa shape index (κ2) is 4.91. The number of nitrogens with two attached hydrogens (primary N) is 1. The van der Waals surface area contributed by atoms with Gasteiger partial charge in [-0.25, -0.2) is 8.78 Å². The Kier molecular flexibility index (Phi) is 3.32. The Hall–Kier alpha value is -2.30. The van der Waals surface area contributed by atoms with Crippen LogP contribution in [0.25, 0.3) is 0 Å². The van der Waals surface area contributed by atoms with Crippen molar-refractivity contribution in [3.8, 4) is 17.2 Å². The number of nitrogen functional groups attached to an aromatic ring is 1. The first-order valence-corrected chi connectivity index (χ1v) is 5.16. The average molecular weight is 251 g/mol. The summed E-state index contributed by atoms with van der Waals surface area (Å²) in [6.07, 6.45) is 0. The molecule has 0 aliphatic carbocycles. The molecule has 0 fully saturated rings. The fourth-order valence-electron chi connectivity index (χ4n) is 1.41. The Morgan fingerprint density at radius 1 is 1.00 bits per heavy atom. The molecule has 5 heteroatoms. The van der Waals surface area contributed by atoms with Crippen LogP contribution in [0.2, 0.25) is 0 Å². The van der Waals surface area contributed by atoms with E-state index in [0.29, 0.717) is 11.4 Å². The van der Waals surface area contributed by atoms with Gasteiger partial charge in [-0.2, -0.15) is 0 Å². The normalized spacial score (nSPS) is 10.2. The first-order valence-electron chi connectivity index (χ1n) is 5.16. The molecule has 2 N–H and O–H groups in total. The molecule has 2 rings (SSSR count). The van der Waals surface area contributed by atoms with Crippen LogP contribution in [-0.2, 0) is 0 Å². The lowest BCUT2D eigenvalue weighted by atomic mass is 10.2. The third kappa shape index (κ3) is 2.51. The van der Waals surface area contributed by atoms with E-state index in [-0.39, 0.29) is 11.5 Å². The Morgan fingerprint density at radius 2 is 1.78 bits per heavy atom. The predicted molar refractivity (Wildman–Crippen MR) is 63.8 cm³/mol. The number of ether oxygens (including phenoxy) is 2. The lowest BCUT2D eigenvalue weighted by Gasteiger charge is -2.10. The molecule has 18 heavy (non-hydrogen) atoms. The molecule has 0 spiro atoms. The lowest BCUT2D eigenvalue weighted by molar-refractivity contribution is 0.405. The zero-order valence-corrected chi connectivity index (χ0v) is 9.61. The fraction of sp³-hybridized carbons (Fsp3) is 0.0769. The van der Waals surface area contributed by atoms with E-state index in [0.717, 1.165) is 12.1 Å². The van der Waals surface area contributed by atoms with Crippen molar-refractivity contribution in [2.45, 2.75) is 0 Å². The first-order chi connectivity index (χ1) is 8.60. The van der Waals surface area contributed by atoms with Gasteiger partial charge in [0, 0.05) is 12.1 Å². The summed E-state index contributed by atoms with van der Waals surface area (Å²) in [7, 11) is 1.49. The van der Waals surface area contributed by atoms with Crippen molar-refractivity contribution < 1.29 is 18.3 Å². The monoisotopic (exact) mass is 251 g/mol. The second-order valence-corrected chi connectivity index (χ2v) is 3.58. The van der Waals surface area contributed by atoms with E-state index in [1.165, 1.54) is 19.2 Å². The van der Waals surface area contributed by atoms with Crippen LogP contribution >= 0.6 is 0 Å². The molecule has 94 valence electrons. The molecule has 3 nitrogen and oxygen atoms in total. The Bertz CT molecular complexity index is 573. The van der Waals surface area contributed by atoms with E-state index in [1.807, 2.05) is 0 Å². The highest BCUT2D eigenvalue weighted by atomic mass is 19.1. The van der Waals surface area contributed by atoms with E-state index in [2.05, 4.69) is 0 Å².